The Hall–Kier alpha value is -3.85. The van der Waals surface area contributed by atoms with E-state index in [2.05, 4.69) is 109 Å². The van der Waals surface area contributed by atoms with Crippen molar-refractivity contribution in [3.63, 3.8) is 0 Å². The van der Waals surface area contributed by atoms with Crippen LogP contribution in [0.1, 0.15) is 11.1 Å². The Morgan fingerprint density at radius 2 is 1.17 bits per heavy atom. The summed E-state index contributed by atoms with van der Waals surface area (Å²) in [6.07, 6.45) is 0. The average Bonchev–Trinajstić information content (AvgIpc) is 3.19. The molecule has 3 heteroatoms. The molecule has 1 N–H and O–H groups in total. The molecule has 0 fully saturated rings. The maximum Gasteiger partial charge on any atom is 0.138 e. The fraction of sp³-hybridized carbons (Fsp3) is 0.0741. The van der Waals surface area contributed by atoms with E-state index < -0.39 is 0 Å². The number of para-hydroxylation sites is 2. The number of H-pyrrole nitrogens is 1. The number of aromatic nitrogens is 2. The number of fused-ring (bicyclic) bond motifs is 1. The highest BCUT2D eigenvalue weighted by molar-refractivity contribution is 5.82. The predicted molar refractivity (Wildman–Crippen MR) is 126 cm³/mol. The summed E-state index contributed by atoms with van der Waals surface area (Å²) in [5, 5.41) is 0. The van der Waals surface area contributed by atoms with Crippen LogP contribution < -0.4 is 4.90 Å². The van der Waals surface area contributed by atoms with Gasteiger partial charge >= 0.3 is 0 Å². The van der Waals surface area contributed by atoms with Gasteiger partial charge in [0.05, 0.1) is 11.0 Å². The molecule has 3 nitrogen and oxygen atoms in total. The summed E-state index contributed by atoms with van der Waals surface area (Å²) >= 11 is 0. The zero-order chi connectivity index (χ0) is 20.5. The van der Waals surface area contributed by atoms with Crippen LogP contribution in [0, 0.1) is 13.8 Å². The zero-order valence-corrected chi connectivity index (χ0v) is 17.1. The van der Waals surface area contributed by atoms with Crippen LogP contribution in [-0.2, 0) is 0 Å². The normalized spacial score (nSPS) is 11.0. The van der Waals surface area contributed by atoms with E-state index in [1.807, 2.05) is 12.1 Å². The molecule has 0 amide bonds. The van der Waals surface area contributed by atoms with Crippen molar-refractivity contribution in [3.05, 3.63) is 108 Å². The summed E-state index contributed by atoms with van der Waals surface area (Å²) < 4.78 is 0. The van der Waals surface area contributed by atoms with Gasteiger partial charge in [0.2, 0.25) is 0 Å². The summed E-state index contributed by atoms with van der Waals surface area (Å²) in [5.41, 5.74) is 9.06. The topological polar surface area (TPSA) is 31.9 Å². The minimum absolute atomic E-state index is 0.896. The van der Waals surface area contributed by atoms with E-state index in [9.17, 15) is 0 Å². The Kier molecular flexibility index (Phi) is 4.56. The van der Waals surface area contributed by atoms with Gasteiger partial charge in [0.1, 0.15) is 5.82 Å². The Balaban J connectivity index is 1.54. The maximum absolute atomic E-state index is 4.81. The molecule has 0 radical (unpaired) electrons. The highest BCUT2D eigenvalue weighted by Gasteiger charge is 2.13. The third-order valence-electron chi connectivity index (χ3n) is 5.53. The van der Waals surface area contributed by atoms with Crippen molar-refractivity contribution in [1.82, 2.24) is 9.97 Å². The Morgan fingerprint density at radius 3 is 1.77 bits per heavy atom. The molecule has 1 aromatic heterocycles. The monoisotopic (exact) mass is 389 g/mol. The molecule has 4 aromatic carbocycles. The van der Waals surface area contributed by atoms with Crippen molar-refractivity contribution in [2.24, 2.45) is 0 Å². The zero-order valence-electron chi connectivity index (χ0n) is 17.1. The fourth-order valence-electron chi connectivity index (χ4n) is 3.78. The van der Waals surface area contributed by atoms with Crippen LogP contribution in [0.25, 0.3) is 22.4 Å². The van der Waals surface area contributed by atoms with Gasteiger partial charge in [0, 0.05) is 22.6 Å². The molecular formula is C27H23N3. The molecule has 0 saturated heterocycles. The van der Waals surface area contributed by atoms with Gasteiger partial charge in [0.15, 0.2) is 0 Å². The van der Waals surface area contributed by atoms with Crippen molar-refractivity contribution in [2.75, 3.05) is 4.90 Å². The minimum Gasteiger partial charge on any atom is -0.338 e. The van der Waals surface area contributed by atoms with E-state index in [0.29, 0.717) is 0 Å². The lowest BCUT2D eigenvalue weighted by molar-refractivity contribution is 1.28. The van der Waals surface area contributed by atoms with Crippen molar-refractivity contribution < 1.29 is 0 Å². The van der Waals surface area contributed by atoms with Crippen LogP contribution in [0.4, 0.5) is 17.1 Å². The molecule has 0 aliphatic heterocycles. The lowest BCUT2D eigenvalue weighted by atomic mass is 10.1. The number of aryl methyl sites for hydroxylation is 2. The number of hydrogen-bond acceptors (Lipinski definition) is 2. The lowest BCUT2D eigenvalue weighted by Gasteiger charge is -2.25. The Labute approximate surface area is 176 Å². The van der Waals surface area contributed by atoms with Crippen LogP contribution in [0.2, 0.25) is 0 Å². The number of aromatic amines is 1. The summed E-state index contributed by atoms with van der Waals surface area (Å²) in [4.78, 5) is 10.5. The smallest absolute Gasteiger partial charge is 0.138 e. The van der Waals surface area contributed by atoms with E-state index >= 15 is 0 Å². The molecular weight excluding hydrogens is 366 g/mol. The average molecular weight is 390 g/mol. The van der Waals surface area contributed by atoms with Crippen LogP contribution in [0.5, 0.6) is 0 Å². The van der Waals surface area contributed by atoms with Crippen molar-refractivity contribution in [3.8, 4) is 11.4 Å². The molecule has 0 bridgehead atoms. The standard InChI is InChI=1S/C27H23N3/c1-19-17-25-26(18-20(19)2)29-27(28-25)21-13-15-24(16-14-21)30(22-9-5-3-6-10-22)23-11-7-4-8-12-23/h3-18H,1-2H3,(H,28,29). The van der Waals surface area contributed by atoms with Gasteiger partial charge in [0.25, 0.3) is 0 Å². The first-order valence-electron chi connectivity index (χ1n) is 10.2. The first-order chi connectivity index (χ1) is 14.7. The number of hydrogen-bond donors (Lipinski definition) is 1. The SMILES string of the molecule is Cc1cc2nc(-c3ccc(N(c4ccccc4)c4ccccc4)cc3)[nH]c2cc1C. The highest BCUT2D eigenvalue weighted by atomic mass is 15.1. The second kappa shape index (κ2) is 7.53. The fourth-order valence-corrected chi connectivity index (χ4v) is 3.78. The second-order valence-electron chi connectivity index (χ2n) is 7.59. The highest BCUT2D eigenvalue weighted by Crippen LogP contribution is 2.35. The minimum atomic E-state index is 0.896. The molecule has 30 heavy (non-hydrogen) atoms. The molecule has 0 saturated carbocycles. The van der Waals surface area contributed by atoms with Gasteiger partial charge < -0.3 is 9.88 Å². The van der Waals surface area contributed by atoms with E-state index in [4.69, 9.17) is 4.98 Å². The van der Waals surface area contributed by atoms with Gasteiger partial charge in [-0.05, 0) is 85.6 Å². The van der Waals surface area contributed by atoms with Crippen LogP contribution >= 0.6 is 0 Å². The molecule has 0 aliphatic carbocycles. The lowest BCUT2D eigenvalue weighted by Crippen LogP contribution is -2.09. The van der Waals surface area contributed by atoms with Crippen LogP contribution in [0.3, 0.4) is 0 Å². The predicted octanol–water partition coefficient (Wildman–Crippen LogP) is 7.32. The van der Waals surface area contributed by atoms with Gasteiger partial charge in [-0.15, -0.1) is 0 Å². The summed E-state index contributed by atoms with van der Waals surface area (Å²) in [5.74, 6) is 0.896. The van der Waals surface area contributed by atoms with E-state index in [-0.39, 0.29) is 0 Å². The number of imidazole rings is 1. The summed E-state index contributed by atoms with van der Waals surface area (Å²) in [7, 11) is 0. The third-order valence-corrected chi connectivity index (χ3v) is 5.53. The molecule has 5 aromatic rings. The number of nitrogens with zero attached hydrogens (tertiary/aromatic N) is 2. The van der Waals surface area contributed by atoms with Crippen molar-refractivity contribution in [1.29, 1.82) is 0 Å². The van der Waals surface area contributed by atoms with Crippen molar-refractivity contribution >= 4 is 28.1 Å². The van der Waals surface area contributed by atoms with Crippen LogP contribution in [0.15, 0.2) is 97.1 Å². The van der Waals surface area contributed by atoms with Crippen LogP contribution in [-0.4, -0.2) is 9.97 Å². The molecule has 0 aliphatic rings. The van der Waals surface area contributed by atoms with E-state index in [1.54, 1.807) is 0 Å². The maximum atomic E-state index is 4.81. The number of anilines is 3. The molecule has 1 heterocycles. The molecule has 0 unspecified atom stereocenters. The Morgan fingerprint density at radius 1 is 0.633 bits per heavy atom. The molecule has 0 spiro atoms. The molecule has 5 rings (SSSR count). The van der Waals surface area contributed by atoms with Gasteiger partial charge in [-0.25, -0.2) is 4.98 Å². The first-order valence-corrected chi connectivity index (χ1v) is 10.2. The van der Waals surface area contributed by atoms with Gasteiger partial charge in [-0.1, -0.05) is 36.4 Å². The van der Waals surface area contributed by atoms with E-state index in [1.165, 1.54) is 11.1 Å². The third kappa shape index (κ3) is 3.35. The Bertz CT molecular complexity index is 1210. The van der Waals surface area contributed by atoms with Crippen molar-refractivity contribution in [2.45, 2.75) is 13.8 Å². The van der Waals surface area contributed by atoms with Gasteiger partial charge in [-0.3, -0.25) is 0 Å². The molecule has 146 valence electrons. The number of nitrogens with one attached hydrogen (secondary N) is 1. The number of benzene rings is 4. The summed E-state index contributed by atoms with van der Waals surface area (Å²) in [6.45, 7) is 4.26. The van der Waals surface area contributed by atoms with E-state index in [0.717, 1.165) is 39.5 Å². The quantitative estimate of drug-likeness (QED) is 0.349. The van der Waals surface area contributed by atoms with Gasteiger partial charge in [-0.2, -0.15) is 0 Å². The second-order valence-corrected chi connectivity index (χ2v) is 7.59. The number of rotatable bonds is 4. The molecule has 0 atom stereocenters. The largest absolute Gasteiger partial charge is 0.338 e. The summed E-state index contributed by atoms with van der Waals surface area (Å²) in [6, 6.07) is 33.8. The first kappa shape index (κ1) is 18.2.